The van der Waals surface area contributed by atoms with Crippen molar-refractivity contribution in [2.45, 2.75) is 89.1 Å². The molecule has 0 aliphatic carbocycles. The van der Waals surface area contributed by atoms with Gasteiger partial charge in [0.1, 0.15) is 30.1 Å². The summed E-state index contributed by atoms with van der Waals surface area (Å²) in [6, 6.07) is 23.6. The van der Waals surface area contributed by atoms with Gasteiger partial charge in [0.25, 0.3) is 0 Å². The number of aliphatic hydroxyl groups is 1. The summed E-state index contributed by atoms with van der Waals surface area (Å²) in [6.45, 7) is 13.5. The largest absolute Gasteiger partial charge is 0.507 e. The smallest absolute Gasteiger partial charge is 0.243 e. The topological polar surface area (TPSA) is 227 Å². The number of hydrogen-bond donors (Lipinski definition) is 4. The summed E-state index contributed by atoms with van der Waals surface area (Å²) < 4.78 is 12.1. The Morgan fingerprint density at radius 1 is 0.943 bits per heavy atom. The van der Waals surface area contributed by atoms with E-state index in [0.29, 0.717) is 59.4 Å². The number of amides is 2. The second kappa shape index (κ2) is 21.5. The van der Waals surface area contributed by atoms with E-state index in [1.807, 2.05) is 51.2 Å². The van der Waals surface area contributed by atoms with Crippen LogP contribution in [-0.2, 0) is 16.0 Å². The van der Waals surface area contributed by atoms with Crippen molar-refractivity contribution < 1.29 is 29.1 Å². The average Bonchev–Trinajstić information content (AvgIpc) is 4.07. The maximum absolute atomic E-state index is 14.1. The number of carbonyl (C=O) groups is 2. The molecule has 4 saturated heterocycles. The van der Waals surface area contributed by atoms with Gasteiger partial charge in [-0.05, 0) is 87.0 Å². The lowest BCUT2D eigenvalue weighted by atomic mass is 9.91. The SMILES string of the molecule is CC(C)[C@@H](C(=O)N1C[C@H](O)C[C@H]1C(=O)N[C@@H](C)c1ccc(C#N)cc1)c1cc(CCCN2CCN(CCOc3cc(N4C5CCC4CN(c4cc(-c6ccccc6O)nnc4N)C5)ccn3)CC2)no1. The Morgan fingerprint density at radius 2 is 1.67 bits per heavy atom. The van der Waals surface area contributed by atoms with Crippen LogP contribution in [0.15, 0.2) is 83.5 Å². The number of para-hydroxylation sites is 1. The molecule has 2 bridgehead atoms. The number of piperazine rings is 2. The highest BCUT2D eigenvalue weighted by atomic mass is 16.5. The number of aliphatic hydroxyl groups excluding tert-OH is 1. The van der Waals surface area contributed by atoms with Crippen LogP contribution in [0.2, 0.25) is 0 Å². The number of β-amino-alcohol motifs (C(OH)–C–C–N with tert-alkyl or cyclic N) is 1. The van der Waals surface area contributed by atoms with E-state index >= 15 is 0 Å². The number of hydrogen-bond acceptors (Lipinski definition) is 16. The second-order valence-corrected chi connectivity index (χ2v) is 19.5. The number of benzene rings is 2. The van der Waals surface area contributed by atoms with Crippen LogP contribution in [0.1, 0.15) is 81.0 Å². The number of aryl methyl sites for hydroxylation is 1. The molecule has 9 rings (SSSR count). The van der Waals surface area contributed by atoms with Gasteiger partial charge < -0.3 is 50.1 Å². The van der Waals surface area contributed by atoms with E-state index in [9.17, 15) is 19.8 Å². The molecular weight excluding hydrogens is 889 g/mol. The first-order chi connectivity index (χ1) is 33.9. The number of aromatic nitrogens is 4. The van der Waals surface area contributed by atoms with Gasteiger partial charge in [-0.15, -0.1) is 10.2 Å². The van der Waals surface area contributed by atoms with Crippen LogP contribution in [0.3, 0.4) is 0 Å². The highest BCUT2D eigenvalue weighted by Crippen LogP contribution is 2.40. The van der Waals surface area contributed by atoms with Gasteiger partial charge in [0.05, 0.1) is 40.9 Å². The monoisotopic (exact) mass is 953 g/mol. The molecule has 0 spiro atoms. The van der Waals surface area contributed by atoms with E-state index in [2.05, 4.69) is 63.5 Å². The molecule has 70 heavy (non-hydrogen) atoms. The molecule has 6 atom stereocenters. The molecule has 4 fully saturated rings. The third-order valence-electron chi connectivity index (χ3n) is 14.4. The molecule has 2 unspecified atom stereocenters. The lowest BCUT2D eigenvalue weighted by Crippen LogP contribution is -2.54. The molecule has 5 aromatic rings. The summed E-state index contributed by atoms with van der Waals surface area (Å²) in [5.74, 6) is 0.246. The molecule has 0 radical (unpaired) electrons. The molecule has 3 aromatic heterocycles. The summed E-state index contributed by atoms with van der Waals surface area (Å²) in [6.07, 6.45) is 4.90. The number of rotatable bonds is 17. The van der Waals surface area contributed by atoms with Crippen molar-refractivity contribution in [3.63, 3.8) is 0 Å². The number of nitrogens with zero attached hydrogens (tertiary/aromatic N) is 10. The summed E-state index contributed by atoms with van der Waals surface area (Å²) in [5, 5.41) is 46.1. The van der Waals surface area contributed by atoms with Crippen molar-refractivity contribution in [2.75, 3.05) is 81.0 Å². The number of ether oxygens (including phenoxy) is 1. The molecule has 5 N–H and O–H groups in total. The fourth-order valence-electron chi connectivity index (χ4n) is 10.7. The van der Waals surface area contributed by atoms with Crippen LogP contribution < -0.4 is 25.6 Å². The highest BCUT2D eigenvalue weighted by molar-refractivity contribution is 5.91. The van der Waals surface area contributed by atoms with Gasteiger partial charge in [0.2, 0.25) is 17.7 Å². The summed E-state index contributed by atoms with van der Waals surface area (Å²) in [4.78, 5) is 43.4. The minimum absolute atomic E-state index is 0.0633. The van der Waals surface area contributed by atoms with Gasteiger partial charge in [-0.2, -0.15) is 5.26 Å². The van der Waals surface area contributed by atoms with Crippen LogP contribution in [-0.4, -0.2) is 147 Å². The van der Waals surface area contributed by atoms with Crippen LogP contribution in [0.4, 0.5) is 17.2 Å². The average molecular weight is 953 g/mol. The van der Waals surface area contributed by atoms with Gasteiger partial charge >= 0.3 is 0 Å². The molecule has 18 nitrogen and oxygen atoms in total. The standard InChI is InChI=1S/C52H64N12O6/c1-33(2)49(52(68)63-32-41(65)27-45(63)51(67)56-34(3)36-12-10-35(29-53)11-13-36)47-25-37(59-70-47)7-6-18-60-19-21-61(22-20-60)23-24-69-48-26-38(16-17-55-48)64-39-14-15-40(64)31-62(30-39)44-28-43(57-58-50(44)54)42-8-4-5-9-46(42)66/h4-5,8-13,16-17,25-26,28,33-34,39-41,45,49,65-66H,6-7,14-15,18-24,27,30-32H2,1-3H3,(H2,54,58)(H,56,67)/t34-,39?,40?,41+,45-,49+/m0/s1. The van der Waals surface area contributed by atoms with Crippen LogP contribution in [0, 0.1) is 17.2 Å². The number of phenols is 1. The Morgan fingerprint density at radius 3 is 2.39 bits per heavy atom. The number of nitrogens with two attached hydrogens (primary N) is 1. The second-order valence-electron chi connectivity index (χ2n) is 19.5. The molecule has 4 aliphatic rings. The van der Waals surface area contributed by atoms with Gasteiger partial charge in [-0.3, -0.25) is 14.5 Å². The van der Waals surface area contributed by atoms with E-state index < -0.39 is 18.1 Å². The Balaban J connectivity index is 0.706. The number of nitriles is 1. The van der Waals surface area contributed by atoms with E-state index in [1.54, 1.807) is 36.4 Å². The first-order valence-corrected chi connectivity index (χ1v) is 24.6. The first-order valence-electron chi connectivity index (χ1n) is 24.6. The van der Waals surface area contributed by atoms with E-state index in [-0.39, 0.29) is 42.5 Å². The lowest BCUT2D eigenvalue weighted by Gasteiger charge is -2.43. The number of nitrogens with one attached hydrogen (secondary N) is 1. The van der Waals surface area contributed by atoms with Crippen molar-refractivity contribution in [3.8, 4) is 29.0 Å². The van der Waals surface area contributed by atoms with E-state index in [4.69, 9.17) is 20.3 Å². The third kappa shape index (κ3) is 10.8. The van der Waals surface area contributed by atoms with Crippen molar-refractivity contribution in [1.29, 1.82) is 5.26 Å². The Labute approximate surface area is 409 Å². The molecule has 368 valence electrons. The number of likely N-dealkylation sites (tertiary alicyclic amines) is 1. The molecule has 2 aromatic carbocycles. The molecule has 7 heterocycles. The number of nitrogen functional groups attached to an aromatic ring is 1. The fraction of sp³-hybridized carbons (Fsp3) is 0.481. The first kappa shape index (κ1) is 48.2. The van der Waals surface area contributed by atoms with Gasteiger partial charge in [0, 0.05) is 100 Å². The summed E-state index contributed by atoms with van der Waals surface area (Å²) >= 11 is 0. The number of fused-ring (bicyclic) bond motifs is 2. The van der Waals surface area contributed by atoms with Crippen LogP contribution in [0.5, 0.6) is 11.6 Å². The summed E-state index contributed by atoms with van der Waals surface area (Å²) in [7, 11) is 0. The number of anilines is 3. The van der Waals surface area contributed by atoms with Crippen LogP contribution in [0.25, 0.3) is 11.3 Å². The van der Waals surface area contributed by atoms with Crippen molar-refractivity contribution >= 4 is 29.0 Å². The van der Waals surface area contributed by atoms with Crippen LogP contribution >= 0.6 is 0 Å². The van der Waals surface area contributed by atoms with Crippen molar-refractivity contribution in [1.82, 2.24) is 40.4 Å². The number of phenolic OH excluding ortho intramolecular Hbond substituents is 1. The minimum Gasteiger partial charge on any atom is -0.507 e. The summed E-state index contributed by atoms with van der Waals surface area (Å²) in [5.41, 5.74) is 11.7. The molecule has 4 aliphatic heterocycles. The van der Waals surface area contributed by atoms with Gasteiger partial charge in [0.15, 0.2) is 5.82 Å². The molecule has 18 heteroatoms. The zero-order valence-electron chi connectivity index (χ0n) is 40.2. The molecular formula is C52H64N12O6. The molecule has 0 saturated carbocycles. The predicted octanol–water partition coefficient (Wildman–Crippen LogP) is 4.75. The van der Waals surface area contributed by atoms with E-state index in [1.165, 1.54) is 4.90 Å². The third-order valence-corrected chi connectivity index (χ3v) is 14.4. The number of aromatic hydroxyl groups is 1. The van der Waals surface area contributed by atoms with Crippen molar-refractivity contribution in [3.05, 3.63) is 102 Å². The normalized spacial score (nSPS) is 21.5. The maximum atomic E-state index is 14.1. The molecule has 2 amide bonds. The number of carbonyl (C=O) groups excluding carboxylic acids is 2. The fourth-order valence-corrected chi connectivity index (χ4v) is 10.7. The Bertz CT molecular complexity index is 2630. The predicted molar refractivity (Wildman–Crippen MR) is 264 cm³/mol. The van der Waals surface area contributed by atoms with Gasteiger partial charge in [-0.25, -0.2) is 4.98 Å². The zero-order valence-corrected chi connectivity index (χ0v) is 40.2. The Hall–Kier alpha value is -6.81. The quantitative estimate of drug-likeness (QED) is 0.0987. The van der Waals surface area contributed by atoms with Crippen molar-refractivity contribution in [2.24, 2.45) is 5.92 Å². The van der Waals surface area contributed by atoms with E-state index in [0.717, 1.165) is 94.3 Å². The van der Waals surface area contributed by atoms with Gasteiger partial charge in [-0.1, -0.05) is 43.3 Å². The lowest BCUT2D eigenvalue weighted by molar-refractivity contribution is -0.141. The Kier molecular flexibility index (Phi) is 14.8. The minimum atomic E-state index is -0.823. The maximum Gasteiger partial charge on any atom is 0.243 e. The highest BCUT2D eigenvalue weighted by Gasteiger charge is 2.44. The number of pyridine rings is 1. The zero-order chi connectivity index (χ0) is 48.9.